The molecule has 0 radical (unpaired) electrons. The van der Waals surface area contributed by atoms with Crippen LogP contribution in [0.2, 0.25) is 0 Å². The molecule has 0 spiro atoms. The van der Waals surface area contributed by atoms with Crippen molar-refractivity contribution >= 4 is 27.9 Å². The van der Waals surface area contributed by atoms with E-state index in [4.69, 9.17) is 4.74 Å². The summed E-state index contributed by atoms with van der Waals surface area (Å²) in [6.45, 7) is 3.83. The van der Waals surface area contributed by atoms with Crippen LogP contribution in [0.3, 0.4) is 0 Å². The van der Waals surface area contributed by atoms with Crippen molar-refractivity contribution in [3.63, 3.8) is 0 Å². The minimum atomic E-state index is -0.615. The topological polar surface area (TPSA) is 70.7 Å². The van der Waals surface area contributed by atoms with Gasteiger partial charge in [-0.2, -0.15) is 0 Å². The van der Waals surface area contributed by atoms with Crippen LogP contribution in [0.1, 0.15) is 11.6 Å². The molecule has 3 amide bonds. The average Bonchev–Trinajstić information content (AvgIpc) is 2.45. The molecule has 1 aliphatic heterocycles. The number of halogens is 1. The summed E-state index contributed by atoms with van der Waals surface area (Å²) in [5.41, 5.74) is 1.09. The van der Waals surface area contributed by atoms with Crippen LogP contribution < -0.4 is 15.4 Å². The van der Waals surface area contributed by atoms with Gasteiger partial charge in [0.25, 0.3) is 0 Å². The van der Waals surface area contributed by atoms with Crippen molar-refractivity contribution < 1.29 is 14.3 Å². The van der Waals surface area contributed by atoms with Crippen molar-refractivity contribution in [2.75, 3.05) is 21.2 Å². The number of methoxy groups -OCH3 is 1. The van der Waals surface area contributed by atoms with Crippen molar-refractivity contribution in [2.45, 2.75) is 6.04 Å². The monoisotopic (exact) mass is 367 g/mol. The van der Waals surface area contributed by atoms with Gasteiger partial charge in [0.15, 0.2) is 0 Å². The fraction of sp³-hybridized carbons (Fsp3) is 0.333. The molecule has 2 N–H and O–H groups in total. The largest absolute Gasteiger partial charge is 0.496 e. The SMILES string of the molecule is C=C1NC(=O)N[C@H](c2cc(Br)ccc2OC)[C@@H]1C(=O)N(C)C. The van der Waals surface area contributed by atoms with E-state index in [0.29, 0.717) is 17.0 Å². The van der Waals surface area contributed by atoms with E-state index in [1.165, 1.54) is 4.90 Å². The summed E-state index contributed by atoms with van der Waals surface area (Å²) in [4.78, 5) is 25.8. The molecule has 7 heteroatoms. The summed E-state index contributed by atoms with van der Waals surface area (Å²) in [6.07, 6.45) is 0. The summed E-state index contributed by atoms with van der Waals surface area (Å²) in [5.74, 6) is -0.166. The zero-order chi connectivity index (χ0) is 16.4. The average molecular weight is 368 g/mol. The van der Waals surface area contributed by atoms with E-state index >= 15 is 0 Å². The van der Waals surface area contributed by atoms with Crippen LogP contribution in [0.15, 0.2) is 34.9 Å². The van der Waals surface area contributed by atoms with E-state index in [9.17, 15) is 9.59 Å². The normalized spacial score (nSPS) is 20.9. The summed E-state index contributed by atoms with van der Waals surface area (Å²) < 4.78 is 6.20. The molecule has 1 aromatic carbocycles. The van der Waals surface area contributed by atoms with Crippen LogP contribution in [0, 0.1) is 5.92 Å². The molecule has 22 heavy (non-hydrogen) atoms. The number of nitrogens with one attached hydrogen (secondary N) is 2. The standard InChI is InChI=1S/C15H18BrN3O3/c1-8-12(14(20)19(2)3)13(18-15(21)17-8)10-7-9(16)5-6-11(10)22-4/h5-7,12-13H,1H2,2-4H3,(H2,17,18,21)/t12-,13-/m1/s1. The summed E-state index contributed by atoms with van der Waals surface area (Å²) in [6, 6.07) is 4.51. The van der Waals surface area contributed by atoms with Gasteiger partial charge in [-0.15, -0.1) is 0 Å². The van der Waals surface area contributed by atoms with E-state index in [0.717, 1.165) is 4.47 Å². The Morgan fingerprint density at radius 2 is 2.09 bits per heavy atom. The number of nitrogens with zero attached hydrogens (tertiary/aromatic N) is 1. The van der Waals surface area contributed by atoms with E-state index in [1.807, 2.05) is 12.1 Å². The number of rotatable bonds is 3. The van der Waals surface area contributed by atoms with E-state index in [1.54, 1.807) is 27.3 Å². The number of carbonyl (C=O) groups is 2. The molecule has 0 bridgehead atoms. The molecule has 6 nitrogen and oxygen atoms in total. The Morgan fingerprint density at radius 3 is 2.68 bits per heavy atom. The Morgan fingerprint density at radius 1 is 1.41 bits per heavy atom. The van der Waals surface area contributed by atoms with Gasteiger partial charge in [0.2, 0.25) is 5.91 Å². The number of hydrogen-bond acceptors (Lipinski definition) is 3. The Bertz CT molecular complexity index is 630. The lowest BCUT2D eigenvalue weighted by Crippen LogP contribution is -2.52. The molecule has 1 aromatic rings. The maximum Gasteiger partial charge on any atom is 0.319 e. The first-order valence-corrected chi connectivity index (χ1v) is 7.45. The maximum atomic E-state index is 12.5. The van der Waals surface area contributed by atoms with Crippen molar-refractivity contribution in [3.05, 3.63) is 40.5 Å². The highest BCUT2D eigenvalue weighted by Gasteiger charge is 2.39. The predicted molar refractivity (Wildman–Crippen MR) is 86.4 cm³/mol. The third kappa shape index (κ3) is 3.09. The summed E-state index contributed by atoms with van der Waals surface area (Å²) >= 11 is 3.41. The van der Waals surface area contributed by atoms with E-state index in [2.05, 4.69) is 33.1 Å². The van der Waals surface area contributed by atoms with Crippen LogP contribution in [0.5, 0.6) is 5.75 Å². The number of carbonyl (C=O) groups excluding carboxylic acids is 2. The zero-order valence-electron chi connectivity index (χ0n) is 12.6. The van der Waals surface area contributed by atoms with Gasteiger partial charge in [-0.3, -0.25) is 4.79 Å². The van der Waals surface area contributed by atoms with E-state index in [-0.39, 0.29) is 11.9 Å². The molecule has 0 aliphatic carbocycles. The van der Waals surface area contributed by atoms with Gasteiger partial charge in [-0.1, -0.05) is 22.5 Å². The van der Waals surface area contributed by atoms with Gasteiger partial charge in [0, 0.05) is 29.8 Å². The Hall–Kier alpha value is -2.02. The quantitative estimate of drug-likeness (QED) is 0.858. The molecule has 0 aromatic heterocycles. The second-order valence-corrected chi connectivity index (χ2v) is 6.11. The lowest BCUT2D eigenvalue weighted by molar-refractivity contribution is -0.132. The minimum absolute atomic E-state index is 0.149. The van der Waals surface area contributed by atoms with Gasteiger partial charge >= 0.3 is 6.03 Å². The van der Waals surface area contributed by atoms with Crippen LogP contribution in [-0.4, -0.2) is 38.0 Å². The fourth-order valence-corrected chi connectivity index (χ4v) is 2.84. The number of urea groups is 1. The van der Waals surface area contributed by atoms with Crippen LogP contribution >= 0.6 is 15.9 Å². The maximum absolute atomic E-state index is 12.5. The molecular formula is C15H18BrN3O3. The highest BCUT2D eigenvalue weighted by Crippen LogP contribution is 2.36. The molecule has 1 aliphatic rings. The molecule has 1 heterocycles. The number of ether oxygens (including phenoxy) is 1. The van der Waals surface area contributed by atoms with Gasteiger partial charge in [-0.25, -0.2) is 4.79 Å². The van der Waals surface area contributed by atoms with Crippen molar-refractivity contribution in [1.82, 2.24) is 15.5 Å². The molecule has 1 saturated heterocycles. The fourth-order valence-electron chi connectivity index (χ4n) is 2.46. The Kier molecular flexibility index (Phi) is 4.75. The molecule has 118 valence electrons. The minimum Gasteiger partial charge on any atom is -0.496 e. The van der Waals surface area contributed by atoms with Crippen molar-refractivity contribution in [2.24, 2.45) is 5.92 Å². The number of hydrogen-bond donors (Lipinski definition) is 2. The first-order valence-electron chi connectivity index (χ1n) is 6.66. The highest BCUT2D eigenvalue weighted by molar-refractivity contribution is 9.10. The number of amides is 3. The lowest BCUT2D eigenvalue weighted by Gasteiger charge is -2.35. The van der Waals surface area contributed by atoms with Crippen molar-refractivity contribution in [1.29, 1.82) is 0 Å². The third-order valence-electron chi connectivity index (χ3n) is 3.50. The van der Waals surface area contributed by atoms with Crippen LogP contribution in [0.4, 0.5) is 4.79 Å². The van der Waals surface area contributed by atoms with Crippen LogP contribution in [-0.2, 0) is 4.79 Å². The first kappa shape index (κ1) is 16.4. The molecule has 0 saturated carbocycles. The Balaban J connectivity index is 2.52. The second kappa shape index (κ2) is 6.39. The lowest BCUT2D eigenvalue weighted by atomic mass is 9.87. The van der Waals surface area contributed by atoms with Crippen molar-refractivity contribution in [3.8, 4) is 5.75 Å². The molecule has 0 unspecified atom stereocenters. The molecule has 1 fully saturated rings. The number of benzene rings is 1. The van der Waals surface area contributed by atoms with Gasteiger partial charge in [0.1, 0.15) is 11.7 Å². The van der Waals surface area contributed by atoms with Gasteiger partial charge in [-0.05, 0) is 18.2 Å². The zero-order valence-corrected chi connectivity index (χ0v) is 14.2. The third-order valence-corrected chi connectivity index (χ3v) is 4.00. The summed E-state index contributed by atoms with van der Waals surface area (Å²) in [7, 11) is 4.88. The Labute approximate surface area is 137 Å². The van der Waals surface area contributed by atoms with Gasteiger partial charge < -0.3 is 20.3 Å². The summed E-state index contributed by atoms with van der Waals surface area (Å²) in [5, 5.41) is 5.36. The first-order chi connectivity index (χ1) is 10.3. The van der Waals surface area contributed by atoms with Gasteiger partial charge in [0.05, 0.1) is 13.2 Å². The molecule has 2 rings (SSSR count). The smallest absolute Gasteiger partial charge is 0.319 e. The molecular weight excluding hydrogens is 350 g/mol. The second-order valence-electron chi connectivity index (χ2n) is 5.20. The molecule has 2 atom stereocenters. The van der Waals surface area contributed by atoms with Crippen LogP contribution in [0.25, 0.3) is 0 Å². The predicted octanol–water partition coefficient (Wildman–Crippen LogP) is 2.03. The van der Waals surface area contributed by atoms with E-state index < -0.39 is 12.0 Å². The highest BCUT2D eigenvalue weighted by atomic mass is 79.9.